The Labute approximate surface area is 200 Å². The van der Waals surface area contributed by atoms with Crippen LogP contribution in [-0.4, -0.2) is 32.5 Å². The van der Waals surface area contributed by atoms with Crippen LogP contribution < -0.4 is 14.9 Å². The molecule has 34 heavy (non-hydrogen) atoms. The normalized spacial score (nSPS) is 11.2. The zero-order chi connectivity index (χ0) is 24.9. The van der Waals surface area contributed by atoms with Gasteiger partial charge in [-0.25, -0.2) is 8.42 Å². The highest BCUT2D eigenvalue weighted by Crippen LogP contribution is 2.23. The number of benzene rings is 3. The molecule has 0 aliphatic rings. The van der Waals surface area contributed by atoms with E-state index in [4.69, 9.17) is 0 Å². The van der Waals surface area contributed by atoms with Crippen molar-refractivity contribution in [3.63, 3.8) is 0 Å². The number of aryl methyl sites for hydroxylation is 1. The molecule has 0 saturated heterocycles. The Morgan fingerprint density at radius 2 is 1.50 bits per heavy atom. The lowest BCUT2D eigenvalue weighted by molar-refractivity contribution is 0.0944. The molecule has 3 aromatic rings. The fourth-order valence-electron chi connectivity index (χ4n) is 3.45. The summed E-state index contributed by atoms with van der Waals surface area (Å²) < 4.78 is 26.3. The van der Waals surface area contributed by atoms with Crippen molar-refractivity contribution < 1.29 is 18.0 Å². The predicted molar refractivity (Wildman–Crippen MR) is 136 cm³/mol. The fourth-order valence-corrected chi connectivity index (χ4v) is 4.32. The van der Waals surface area contributed by atoms with Gasteiger partial charge in [0.25, 0.3) is 11.8 Å². The van der Waals surface area contributed by atoms with Crippen molar-refractivity contribution in [3.8, 4) is 0 Å². The van der Waals surface area contributed by atoms with Gasteiger partial charge in [0.1, 0.15) is 0 Å². The summed E-state index contributed by atoms with van der Waals surface area (Å²) >= 11 is 0. The number of amides is 2. The minimum atomic E-state index is -3.55. The first kappa shape index (κ1) is 25.0. The highest BCUT2D eigenvalue weighted by Gasteiger charge is 2.20. The molecule has 178 valence electrons. The third-order valence-corrected chi connectivity index (χ3v) is 6.37. The molecule has 0 fully saturated rings. The molecule has 0 spiro atoms. The van der Waals surface area contributed by atoms with Crippen LogP contribution in [0.25, 0.3) is 0 Å². The molecule has 3 aromatic carbocycles. The lowest BCUT2D eigenvalue weighted by Gasteiger charge is -2.23. The van der Waals surface area contributed by atoms with E-state index < -0.39 is 15.9 Å². The summed E-state index contributed by atoms with van der Waals surface area (Å²) in [5, 5.41) is 5.59. The Morgan fingerprint density at radius 3 is 2.12 bits per heavy atom. The van der Waals surface area contributed by atoms with Crippen molar-refractivity contribution >= 4 is 33.2 Å². The average molecular weight is 480 g/mol. The highest BCUT2D eigenvalue weighted by atomic mass is 32.2. The Balaban J connectivity index is 1.82. The third kappa shape index (κ3) is 6.23. The molecule has 0 atom stereocenters. The Bertz CT molecular complexity index is 1290. The van der Waals surface area contributed by atoms with E-state index >= 15 is 0 Å². The van der Waals surface area contributed by atoms with Crippen molar-refractivity contribution in [2.75, 3.05) is 15.9 Å². The predicted octanol–water partition coefficient (Wildman–Crippen LogP) is 4.35. The second kappa shape index (κ2) is 10.5. The standard InChI is InChI=1S/C26H29N3O4S/c1-18(2)27-26(31)23-11-7-8-12-24(23)28-25(30)20-13-15-22(16-14-20)29(34(4,32)33)17-21-10-6-5-9-19(21)3/h5-16,18H,17H2,1-4H3,(H,27,31)(H,28,30). The number of carbonyl (C=O) groups excluding carboxylic acids is 2. The summed E-state index contributed by atoms with van der Waals surface area (Å²) in [7, 11) is -3.55. The second-order valence-corrected chi connectivity index (χ2v) is 10.3. The molecule has 2 N–H and O–H groups in total. The summed E-state index contributed by atoms with van der Waals surface area (Å²) in [5.74, 6) is -0.678. The maximum atomic E-state index is 12.9. The maximum Gasteiger partial charge on any atom is 0.255 e. The van der Waals surface area contributed by atoms with E-state index in [0.29, 0.717) is 22.5 Å². The van der Waals surface area contributed by atoms with Crippen LogP contribution in [0.1, 0.15) is 45.7 Å². The van der Waals surface area contributed by atoms with E-state index in [9.17, 15) is 18.0 Å². The van der Waals surface area contributed by atoms with Gasteiger partial charge in [0, 0.05) is 11.6 Å². The maximum absolute atomic E-state index is 12.9. The van der Waals surface area contributed by atoms with Crippen LogP contribution in [0.2, 0.25) is 0 Å². The first-order valence-corrected chi connectivity index (χ1v) is 12.7. The van der Waals surface area contributed by atoms with E-state index in [1.54, 1.807) is 48.5 Å². The number of nitrogens with one attached hydrogen (secondary N) is 2. The van der Waals surface area contributed by atoms with Crippen molar-refractivity contribution in [2.45, 2.75) is 33.4 Å². The molecule has 0 aromatic heterocycles. The lowest BCUT2D eigenvalue weighted by Crippen LogP contribution is -2.31. The monoisotopic (exact) mass is 479 g/mol. The highest BCUT2D eigenvalue weighted by molar-refractivity contribution is 7.92. The Kier molecular flexibility index (Phi) is 7.73. The molecule has 0 bridgehead atoms. The zero-order valence-electron chi connectivity index (χ0n) is 19.7. The van der Waals surface area contributed by atoms with Crippen molar-refractivity contribution in [1.29, 1.82) is 0 Å². The summed E-state index contributed by atoms with van der Waals surface area (Å²) in [6.07, 6.45) is 1.16. The number of anilines is 2. The summed E-state index contributed by atoms with van der Waals surface area (Å²) in [6, 6.07) is 20.7. The van der Waals surface area contributed by atoms with E-state index in [1.165, 1.54) is 4.31 Å². The van der Waals surface area contributed by atoms with Gasteiger partial charge in [0.05, 0.1) is 29.7 Å². The SMILES string of the molecule is Cc1ccccc1CN(c1ccc(C(=O)Nc2ccccc2C(=O)NC(C)C)cc1)S(C)(=O)=O. The first-order chi connectivity index (χ1) is 16.1. The van der Waals surface area contributed by atoms with Gasteiger partial charge in [-0.2, -0.15) is 0 Å². The Morgan fingerprint density at radius 1 is 0.882 bits per heavy atom. The van der Waals surface area contributed by atoms with Crippen molar-refractivity contribution in [3.05, 3.63) is 95.1 Å². The number of sulfonamides is 1. The smallest absolute Gasteiger partial charge is 0.255 e. The van der Waals surface area contributed by atoms with Crippen LogP contribution in [-0.2, 0) is 16.6 Å². The number of hydrogen-bond acceptors (Lipinski definition) is 4. The molecule has 0 aliphatic carbocycles. The largest absolute Gasteiger partial charge is 0.350 e. The number of para-hydroxylation sites is 1. The van der Waals surface area contributed by atoms with Gasteiger partial charge in [0.2, 0.25) is 10.0 Å². The molecule has 8 heteroatoms. The molecule has 0 heterocycles. The van der Waals surface area contributed by atoms with E-state index in [-0.39, 0.29) is 18.5 Å². The van der Waals surface area contributed by atoms with Gasteiger partial charge >= 0.3 is 0 Å². The molecular formula is C26H29N3O4S. The van der Waals surface area contributed by atoms with Gasteiger partial charge < -0.3 is 10.6 Å². The second-order valence-electron chi connectivity index (χ2n) is 8.37. The van der Waals surface area contributed by atoms with E-state index in [0.717, 1.165) is 17.4 Å². The molecule has 3 rings (SSSR count). The van der Waals surface area contributed by atoms with Crippen LogP contribution in [0.15, 0.2) is 72.8 Å². The van der Waals surface area contributed by atoms with Gasteiger partial charge in [-0.15, -0.1) is 0 Å². The third-order valence-electron chi connectivity index (χ3n) is 5.23. The fraction of sp³-hybridized carbons (Fsp3) is 0.231. The van der Waals surface area contributed by atoms with E-state index in [1.807, 2.05) is 45.0 Å². The van der Waals surface area contributed by atoms with E-state index in [2.05, 4.69) is 10.6 Å². The molecule has 0 radical (unpaired) electrons. The number of rotatable bonds is 8. The summed E-state index contributed by atoms with van der Waals surface area (Å²) in [4.78, 5) is 25.3. The zero-order valence-corrected chi connectivity index (χ0v) is 20.5. The van der Waals surface area contributed by atoms with Crippen molar-refractivity contribution in [1.82, 2.24) is 5.32 Å². The van der Waals surface area contributed by atoms with Crippen LogP contribution >= 0.6 is 0 Å². The molecule has 0 aliphatic heterocycles. The minimum Gasteiger partial charge on any atom is -0.350 e. The minimum absolute atomic E-state index is 0.0405. The Hall–Kier alpha value is -3.65. The summed E-state index contributed by atoms with van der Waals surface area (Å²) in [6.45, 7) is 5.84. The number of hydrogen-bond donors (Lipinski definition) is 2. The topological polar surface area (TPSA) is 95.6 Å². The lowest BCUT2D eigenvalue weighted by atomic mass is 10.1. The van der Waals surface area contributed by atoms with Gasteiger partial charge in [-0.1, -0.05) is 36.4 Å². The number of carbonyl (C=O) groups is 2. The van der Waals surface area contributed by atoms with Crippen LogP contribution in [0.3, 0.4) is 0 Å². The summed E-state index contributed by atoms with van der Waals surface area (Å²) in [5.41, 5.74) is 3.44. The molecule has 7 nitrogen and oxygen atoms in total. The molecule has 2 amide bonds. The van der Waals surface area contributed by atoms with Crippen molar-refractivity contribution in [2.24, 2.45) is 0 Å². The van der Waals surface area contributed by atoms with Crippen LogP contribution in [0.4, 0.5) is 11.4 Å². The van der Waals surface area contributed by atoms with Gasteiger partial charge in [-0.05, 0) is 68.3 Å². The average Bonchev–Trinajstić information content (AvgIpc) is 2.77. The molecule has 0 saturated carbocycles. The van der Waals surface area contributed by atoms with Gasteiger partial charge in [0.15, 0.2) is 0 Å². The first-order valence-electron chi connectivity index (χ1n) is 10.9. The quantitative estimate of drug-likeness (QED) is 0.502. The number of nitrogens with zero attached hydrogens (tertiary/aromatic N) is 1. The van der Waals surface area contributed by atoms with Crippen LogP contribution in [0.5, 0.6) is 0 Å². The van der Waals surface area contributed by atoms with Gasteiger partial charge in [-0.3, -0.25) is 13.9 Å². The molecule has 0 unspecified atom stereocenters. The van der Waals surface area contributed by atoms with Crippen LogP contribution in [0, 0.1) is 6.92 Å². The molecular weight excluding hydrogens is 450 g/mol.